The predicted octanol–water partition coefficient (Wildman–Crippen LogP) is 0.259. The Morgan fingerprint density at radius 2 is 2.42 bits per heavy atom. The van der Waals surface area contributed by atoms with Gasteiger partial charge in [0.2, 0.25) is 6.29 Å². The zero-order valence-corrected chi connectivity index (χ0v) is 7.45. The molecule has 1 rings (SSSR count). The highest BCUT2D eigenvalue weighted by molar-refractivity contribution is 5.72. The Kier molecular flexibility index (Phi) is 3.05. The van der Waals surface area contributed by atoms with Gasteiger partial charge in [0.25, 0.3) is 0 Å². The summed E-state index contributed by atoms with van der Waals surface area (Å²) in [4.78, 5) is 10.7. The van der Waals surface area contributed by atoms with E-state index in [0.29, 0.717) is 12.5 Å². The molecule has 2 atom stereocenters. The van der Waals surface area contributed by atoms with E-state index < -0.39 is 6.29 Å². The molecule has 1 heterocycles. The van der Waals surface area contributed by atoms with Crippen LogP contribution in [0.25, 0.3) is 0 Å². The monoisotopic (exact) mass is 173 g/mol. The highest BCUT2D eigenvalue weighted by atomic mass is 16.7. The highest BCUT2D eigenvalue weighted by Crippen LogP contribution is 2.14. The first-order valence-corrected chi connectivity index (χ1v) is 4.16. The number of hydrogen-bond donors (Lipinski definition) is 1. The number of nitrogens with two attached hydrogens (primary N) is 1. The summed E-state index contributed by atoms with van der Waals surface area (Å²) in [6, 6.07) is -0.295. The zero-order valence-electron chi connectivity index (χ0n) is 7.45. The fourth-order valence-electron chi connectivity index (χ4n) is 0.999. The van der Waals surface area contributed by atoms with Crippen LogP contribution in [-0.2, 0) is 14.3 Å². The van der Waals surface area contributed by atoms with Crippen molar-refractivity contribution in [1.82, 2.24) is 0 Å². The topological polar surface area (TPSA) is 61.5 Å². The summed E-state index contributed by atoms with van der Waals surface area (Å²) in [6.07, 6.45) is -0.261. The molecule has 70 valence electrons. The second kappa shape index (κ2) is 3.87. The minimum Gasteiger partial charge on any atom is -0.434 e. The molecule has 0 amide bonds. The van der Waals surface area contributed by atoms with Crippen LogP contribution in [0.4, 0.5) is 0 Å². The molecule has 1 aliphatic heterocycles. The van der Waals surface area contributed by atoms with Gasteiger partial charge in [-0.15, -0.1) is 0 Å². The molecule has 1 fully saturated rings. The molecule has 4 heteroatoms. The van der Waals surface area contributed by atoms with Gasteiger partial charge in [-0.05, 0) is 5.92 Å². The minimum absolute atomic E-state index is 0.267. The molecule has 1 saturated heterocycles. The molecule has 0 aromatic carbocycles. The molecule has 0 bridgehead atoms. The Balaban J connectivity index is 2.28. The first-order chi connectivity index (χ1) is 5.59. The number of rotatable bonds is 3. The lowest BCUT2D eigenvalue weighted by atomic mass is 10.2. The summed E-state index contributed by atoms with van der Waals surface area (Å²) < 4.78 is 10.1. The van der Waals surface area contributed by atoms with Crippen LogP contribution in [0, 0.1) is 5.92 Å². The van der Waals surface area contributed by atoms with E-state index >= 15 is 0 Å². The number of carbonyl (C=O) groups is 1. The third kappa shape index (κ3) is 2.46. The number of esters is 1. The fourth-order valence-corrected chi connectivity index (χ4v) is 0.999. The molecule has 12 heavy (non-hydrogen) atoms. The molecule has 0 aromatic heterocycles. The molecular formula is C8H15NO3. The lowest BCUT2D eigenvalue weighted by Crippen LogP contribution is -2.33. The molecule has 1 aliphatic rings. The van der Waals surface area contributed by atoms with Crippen molar-refractivity contribution in [3.8, 4) is 0 Å². The van der Waals surface area contributed by atoms with Gasteiger partial charge in [-0.25, -0.2) is 0 Å². The van der Waals surface area contributed by atoms with Crippen LogP contribution in [-0.4, -0.2) is 24.9 Å². The summed E-state index contributed by atoms with van der Waals surface area (Å²) in [5.41, 5.74) is 5.58. The summed E-state index contributed by atoms with van der Waals surface area (Å²) in [7, 11) is 0. The van der Waals surface area contributed by atoms with Crippen molar-refractivity contribution in [2.45, 2.75) is 32.6 Å². The second-order valence-electron chi connectivity index (χ2n) is 3.45. The molecule has 4 nitrogen and oxygen atoms in total. The maximum absolute atomic E-state index is 10.7. The summed E-state index contributed by atoms with van der Waals surface area (Å²) >= 11 is 0. The zero-order chi connectivity index (χ0) is 9.14. The van der Waals surface area contributed by atoms with Crippen LogP contribution >= 0.6 is 0 Å². The third-order valence-electron chi connectivity index (χ3n) is 1.59. The van der Waals surface area contributed by atoms with Gasteiger partial charge in [0.15, 0.2) is 0 Å². The fraction of sp³-hybridized carbons (Fsp3) is 0.875. The lowest BCUT2D eigenvalue weighted by Gasteiger charge is -2.15. The van der Waals surface area contributed by atoms with Crippen LogP contribution in [0.1, 0.15) is 20.3 Å². The first kappa shape index (κ1) is 9.48. The molecule has 2 unspecified atom stereocenters. The molecule has 2 N–H and O–H groups in total. The Labute approximate surface area is 72.0 Å². The second-order valence-corrected chi connectivity index (χ2v) is 3.45. The van der Waals surface area contributed by atoms with Crippen LogP contribution in [0.3, 0.4) is 0 Å². The van der Waals surface area contributed by atoms with E-state index in [1.165, 1.54) is 0 Å². The van der Waals surface area contributed by atoms with Gasteiger partial charge >= 0.3 is 5.97 Å². The van der Waals surface area contributed by atoms with E-state index in [1.807, 2.05) is 13.8 Å². The standard InChI is InChI=1S/C8H15NO3/c1-5(2)4-11-8-6(9)3-7(10)12-8/h5-6,8H,3-4,9H2,1-2H3. The quantitative estimate of drug-likeness (QED) is 0.622. The van der Waals surface area contributed by atoms with Crippen molar-refractivity contribution in [3.63, 3.8) is 0 Å². The van der Waals surface area contributed by atoms with Gasteiger partial charge < -0.3 is 15.2 Å². The SMILES string of the molecule is CC(C)COC1OC(=O)CC1N. The van der Waals surface area contributed by atoms with Gasteiger partial charge in [-0.1, -0.05) is 13.8 Å². The number of hydrogen-bond acceptors (Lipinski definition) is 4. The summed E-state index contributed by atoms with van der Waals surface area (Å²) in [5.74, 6) is 0.160. The largest absolute Gasteiger partial charge is 0.434 e. The molecule has 0 aromatic rings. The van der Waals surface area contributed by atoms with Crippen LogP contribution in [0.2, 0.25) is 0 Å². The van der Waals surface area contributed by atoms with Crippen LogP contribution < -0.4 is 5.73 Å². The lowest BCUT2D eigenvalue weighted by molar-refractivity contribution is -0.165. The maximum Gasteiger partial charge on any atom is 0.309 e. The van der Waals surface area contributed by atoms with Crippen molar-refractivity contribution >= 4 is 5.97 Å². The van der Waals surface area contributed by atoms with Crippen molar-refractivity contribution in [1.29, 1.82) is 0 Å². The van der Waals surface area contributed by atoms with E-state index in [9.17, 15) is 4.79 Å². The van der Waals surface area contributed by atoms with Crippen molar-refractivity contribution < 1.29 is 14.3 Å². The third-order valence-corrected chi connectivity index (χ3v) is 1.59. The molecule has 0 aliphatic carbocycles. The summed E-state index contributed by atoms with van der Waals surface area (Å²) in [5, 5.41) is 0. The van der Waals surface area contributed by atoms with E-state index in [4.69, 9.17) is 15.2 Å². The average molecular weight is 173 g/mol. The number of cyclic esters (lactones) is 1. The maximum atomic E-state index is 10.7. The number of ether oxygens (including phenoxy) is 2. The molecule has 0 saturated carbocycles. The van der Waals surface area contributed by atoms with Crippen molar-refractivity contribution in [2.75, 3.05) is 6.61 Å². The van der Waals surface area contributed by atoms with Gasteiger partial charge in [0.05, 0.1) is 19.1 Å². The van der Waals surface area contributed by atoms with Gasteiger partial charge in [-0.2, -0.15) is 0 Å². The van der Waals surface area contributed by atoms with E-state index in [-0.39, 0.29) is 18.4 Å². The Morgan fingerprint density at radius 3 is 2.83 bits per heavy atom. The predicted molar refractivity (Wildman–Crippen MR) is 43.3 cm³/mol. The van der Waals surface area contributed by atoms with Crippen LogP contribution in [0.5, 0.6) is 0 Å². The van der Waals surface area contributed by atoms with Gasteiger partial charge in [0, 0.05) is 0 Å². The van der Waals surface area contributed by atoms with E-state index in [2.05, 4.69) is 0 Å². The number of carbonyl (C=O) groups excluding carboxylic acids is 1. The van der Waals surface area contributed by atoms with Crippen molar-refractivity contribution in [3.05, 3.63) is 0 Å². The smallest absolute Gasteiger partial charge is 0.309 e. The summed E-state index contributed by atoms with van der Waals surface area (Å²) in [6.45, 7) is 4.64. The first-order valence-electron chi connectivity index (χ1n) is 4.16. The van der Waals surface area contributed by atoms with Gasteiger partial charge in [0.1, 0.15) is 0 Å². The van der Waals surface area contributed by atoms with Gasteiger partial charge in [-0.3, -0.25) is 4.79 Å². The van der Waals surface area contributed by atoms with E-state index in [0.717, 1.165) is 0 Å². The molecule has 0 radical (unpaired) electrons. The van der Waals surface area contributed by atoms with Crippen molar-refractivity contribution in [2.24, 2.45) is 11.7 Å². The molecular weight excluding hydrogens is 158 g/mol. The highest BCUT2D eigenvalue weighted by Gasteiger charge is 2.32. The normalized spacial score (nSPS) is 29.5. The van der Waals surface area contributed by atoms with Crippen LogP contribution in [0.15, 0.2) is 0 Å². The molecule has 0 spiro atoms. The Bertz CT molecular complexity index is 170. The van der Waals surface area contributed by atoms with E-state index in [1.54, 1.807) is 0 Å². The minimum atomic E-state index is -0.528. The Hall–Kier alpha value is -0.610. The Morgan fingerprint density at radius 1 is 1.75 bits per heavy atom. The average Bonchev–Trinajstić information content (AvgIpc) is 2.26.